The summed E-state index contributed by atoms with van der Waals surface area (Å²) >= 11 is 18.7. The Morgan fingerprint density at radius 2 is 1.40 bits per heavy atom. The molecule has 2 amide bonds. The van der Waals surface area contributed by atoms with Gasteiger partial charge in [0.25, 0.3) is 10.0 Å². The molecule has 1 atom stereocenters. The average Bonchev–Trinajstić information content (AvgIpc) is 2.99. The third kappa shape index (κ3) is 7.63. The molecule has 7 nitrogen and oxygen atoms in total. The van der Waals surface area contributed by atoms with Crippen LogP contribution in [-0.4, -0.2) is 44.8 Å². The molecule has 0 saturated carbocycles. The lowest BCUT2D eigenvalue weighted by Gasteiger charge is -2.33. The summed E-state index contributed by atoms with van der Waals surface area (Å²) in [4.78, 5) is 28.9. The van der Waals surface area contributed by atoms with E-state index in [1.807, 2.05) is 30.3 Å². The van der Waals surface area contributed by atoms with Gasteiger partial charge in [0.15, 0.2) is 0 Å². The Labute approximate surface area is 260 Å². The van der Waals surface area contributed by atoms with Crippen LogP contribution in [0.1, 0.15) is 11.1 Å². The highest BCUT2D eigenvalue weighted by Crippen LogP contribution is 2.28. The van der Waals surface area contributed by atoms with Crippen molar-refractivity contribution >= 4 is 62.3 Å². The lowest BCUT2D eigenvalue weighted by atomic mass is 10.0. The Balaban J connectivity index is 1.79. The molecule has 1 N–H and O–H groups in total. The maximum Gasteiger partial charge on any atom is 0.264 e. The summed E-state index contributed by atoms with van der Waals surface area (Å²) in [7, 11) is -2.71. The van der Waals surface area contributed by atoms with E-state index >= 15 is 0 Å². The molecule has 11 heteroatoms. The van der Waals surface area contributed by atoms with Crippen molar-refractivity contribution < 1.29 is 18.0 Å². The lowest BCUT2D eigenvalue weighted by Crippen LogP contribution is -2.53. The Morgan fingerprint density at radius 3 is 2.00 bits per heavy atom. The first-order valence-electron chi connectivity index (χ1n) is 12.9. The van der Waals surface area contributed by atoms with E-state index in [4.69, 9.17) is 34.8 Å². The molecule has 0 radical (unpaired) electrons. The predicted molar refractivity (Wildman–Crippen MR) is 167 cm³/mol. The zero-order valence-electron chi connectivity index (χ0n) is 22.6. The molecule has 0 bridgehead atoms. The van der Waals surface area contributed by atoms with Gasteiger partial charge in [0, 0.05) is 35.1 Å². The number of likely N-dealkylation sites (N-methyl/N-ethyl adjacent to an activating group) is 1. The van der Waals surface area contributed by atoms with Crippen LogP contribution >= 0.6 is 34.8 Å². The molecule has 0 heterocycles. The molecule has 0 aromatic heterocycles. The van der Waals surface area contributed by atoms with Crippen molar-refractivity contribution in [3.63, 3.8) is 0 Å². The van der Waals surface area contributed by atoms with Gasteiger partial charge in [-0.3, -0.25) is 13.9 Å². The van der Waals surface area contributed by atoms with Gasteiger partial charge in [0.1, 0.15) is 12.6 Å². The zero-order chi connectivity index (χ0) is 30.3. The number of halogens is 3. The highest BCUT2D eigenvalue weighted by molar-refractivity contribution is 7.92. The van der Waals surface area contributed by atoms with Crippen LogP contribution in [-0.2, 0) is 32.6 Å². The molecule has 4 aromatic carbocycles. The van der Waals surface area contributed by atoms with Gasteiger partial charge >= 0.3 is 0 Å². The summed E-state index contributed by atoms with van der Waals surface area (Å²) < 4.78 is 28.8. The van der Waals surface area contributed by atoms with Crippen LogP contribution in [0, 0.1) is 0 Å². The van der Waals surface area contributed by atoms with Crippen LogP contribution in [0.15, 0.2) is 108 Å². The van der Waals surface area contributed by atoms with Crippen LogP contribution in [0.5, 0.6) is 0 Å². The fraction of sp³-hybridized carbons (Fsp3) is 0.161. The molecule has 0 saturated heterocycles. The number of rotatable bonds is 11. The number of sulfonamides is 1. The van der Waals surface area contributed by atoms with E-state index in [9.17, 15) is 18.0 Å². The second kappa shape index (κ2) is 14.1. The molecule has 0 unspecified atom stereocenters. The molecule has 42 heavy (non-hydrogen) atoms. The number of hydrogen-bond acceptors (Lipinski definition) is 4. The summed E-state index contributed by atoms with van der Waals surface area (Å²) in [5, 5.41) is 3.77. The number of carbonyl (C=O) groups excluding carboxylic acids is 2. The Hall–Kier alpha value is -3.56. The normalized spacial score (nSPS) is 11.9. The third-order valence-electron chi connectivity index (χ3n) is 6.60. The molecule has 0 aliphatic carbocycles. The molecule has 4 aromatic rings. The van der Waals surface area contributed by atoms with Crippen molar-refractivity contribution in [2.45, 2.75) is 23.9 Å². The second-order valence-corrected chi connectivity index (χ2v) is 12.5. The van der Waals surface area contributed by atoms with Gasteiger partial charge in [-0.1, -0.05) is 89.4 Å². The standard InChI is InChI=1S/C31H28Cl3N3O4S/c1-35-31(39)29(18-22-8-4-2-5-9-22)36(20-23-12-13-25(33)19-28(23)34)30(38)21-37(26-16-14-24(32)15-17-26)42(40,41)27-10-6-3-7-11-27/h2-17,19,29H,18,20-21H2,1H3,(H,35,39)/t29-/m1/s1. The number of benzene rings is 4. The smallest absolute Gasteiger partial charge is 0.264 e. The third-order valence-corrected chi connectivity index (χ3v) is 9.22. The minimum atomic E-state index is -4.19. The van der Waals surface area contributed by atoms with Crippen LogP contribution < -0.4 is 9.62 Å². The molecule has 0 spiro atoms. The van der Waals surface area contributed by atoms with Gasteiger partial charge in [-0.2, -0.15) is 0 Å². The number of carbonyl (C=O) groups is 2. The average molecular weight is 645 g/mol. The molecular formula is C31H28Cl3N3O4S. The summed E-state index contributed by atoms with van der Waals surface area (Å²) in [6.07, 6.45) is 0.184. The van der Waals surface area contributed by atoms with Crippen LogP contribution in [0.3, 0.4) is 0 Å². The van der Waals surface area contributed by atoms with Crippen molar-refractivity contribution in [1.82, 2.24) is 10.2 Å². The monoisotopic (exact) mass is 643 g/mol. The molecule has 4 rings (SSSR count). The number of amides is 2. The van der Waals surface area contributed by atoms with E-state index in [0.717, 1.165) is 9.87 Å². The molecule has 218 valence electrons. The predicted octanol–water partition coefficient (Wildman–Crippen LogP) is 6.23. The highest BCUT2D eigenvalue weighted by Gasteiger charge is 2.34. The minimum Gasteiger partial charge on any atom is -0.357 e. The van der Waals surface area contributed by atoms with Gasteiger partial charge in [0.2, 0.25) is 11.8 Å². The molecule has 0 fully saturated rings. The van der Waals surface area contributed by atoms with Gasteiger partial charge in [-0.25, -0.2) is 8.42 Å². The minimum absolute atomic E-state index is 0.00665. The first-order chi connectivity index (χ1) is 20.1. The van der Waals surface area contributed by atoms with E-state index in [-0.39, 0.29) is 23.5 Å². The SMILES string of the molecule is CNC(=O)[C@@H](Cc1ccccc1)N(Cc1ccc(Cl)cc1Cl)C(=O)CN(c1ccc(Cl)cc1)S(=O)(=O)c1ccccc1. The Morgan fingerprint density at radius 1 is 0.810 bits per heavy atom. The number of hydrogen-bond donors (Lipinski definition) is 1. The highest BCUT2D eigenvalue weighted by atomic mass is 35.5. The fourth-order valence-electron chi connectivity index (χ4n) is 4.41. The first kappa shape index (κ1) is 31.4. The van der Waals surface area contributed by atoms with E-state index in [2.05, 4.69) is 5.32 Å². The largest absolute Gasteiger partial charge is 0.357 e. The Bertz CT molecular complexity index is 1640. The van der Waals surface area contributed by atoms with Crippen LogP contribution in [0.2, 0.25) is 15.1 Å². The van der Waals surface area contributed by atoms with Crippen molar-refractivity contribution in [2.24, 2.45) is 0 Å². The van der Waals surface area contributed by atoms with Crippen molar-refractivity contribution in [3.8, 4) is 0 Å². The number of nitrogens with zero attached hydrogens (tertiary/aromatic N) is 2. The summed E-state index contributed by atoms with van der Waals surface area (Å²) in [6.45, 7) is -0.661. The van der Waals surface area contributed by atoms with Gasteiger partial charge in [-0.05, 0) is 59.7 Å². The second-order valence-electron chi connectivity index (χ2n) is 9.38. The van der Waals surface area contributed by atoms with E-state index in [0.29, 0.717) is 20.6 Å². The maximum absolute atomic E-state index is 14.3. The van der Waals surface area contributed by atoms with Gasteiger partial charge < -0.3 is 10.2 Å². The topological polar surface area (TPSA) is 86.8 Å². The van der Waals surface area contributed by atoms with Crippen molar-refractivity contribution in [3.05, 3.63) is 129 Å². The number of anilines is 1. The van der Waals surface area contributed by atoms with E-state index in [1.54, 1.807) is 48.5 Å². The maximum atomic E-state index is 14.3. The van der Waals surface area contributed by atoms with Crippen molar-refractivity contribution in [1.29, 1.82) is 0 Å². The van der Waals surface area contributed by atoms with Crippen LogP contribution in [0.4, 0.5) is 5.69 Å². The Kier molecular flexibility index (Phi) is 10.5. The van der Waals surface area contributed by atoms with Crippen LogP contribution in [0.25, 0.3) is 0 Å². The first-order valence-corrected chi connectivity index (χ1v) is 15.5. The number of nitrogens with one attached hydrogen (secondary N) is 1. The summed E-state index contributed by atoms with van der Waals surface area (Å²) in [5.74, 6) is -1.03. The van der Waals surface area contributed by atoms with E-state index < -0.39 is 34.4 Å². The molecule has 0 aliphatic rings. The molecular weight excluding hydrogens is 617 g/mol. The quantitative estimate of drug-likeness (QED) is 0.210. The van der Waals surface area contributed by atoms with Gasteiger partial charge in [0.05, 0.1) is 10.6 Å². The van der Waals surface area contributed by atoms with Crippen molar-refractivity contribution in [2.75, 3.05) is 17.9 Å². The molecule has 0 aliphatic heterocycles. The summed E-state index contributed by atoms with van der Waals surface area (Å²) in [5.41, 5.74) is 1.60. The van der Waals surface area contributed by atoms with Gasteiger partial charge in [-0.15, -0.1) is 0 Å². The summed E-state index contributed by atoms with van der Waals surface area (Å²) in [6, 6.07) is 27.1. The lowest BCUT2D eigenvalue weighted by molar-refractivity contribution is -0.139. The zero-order valence-corrected chi connectivity index (χ0v) is 25.7. The van der Waals surface area contributed by atoms with E-state index in [1.165, 1.54) is 36.2 Å². The fourth-order valence-corrected chi connectivity index (χ4v) is 6.44.